The predicted octanol–water partition coefficient (Wildman–Crippen LogP) is 4.47. The van der Waals surface area contributed by atoms with Crippen LogP contribution >= 0.6 is 0 Å². The van der Waals surface area contributed by atoms with E-state index in [4.69, 9.17) is 10.1 Å². The first-order valence-corrected chi connectivity index (χ1v) is 9.07. The molecule has 0 saturated carbocycles. The van der Waals surface area contributed by atoms with Crippen molar-refractivity contribution in [1.29, 1.82) is 5.26 Å². The number of nitriles is 1. The van der Waals surface area contributed by atoms with Gasteiger partial charge in [0.2, 0.25) is 0 Å². The Morgan fingerprint density at radius 3 is 1.81 bits per heavy atom. The van der Waals surface area contributed by atoms with Gasteiger partial charge >= 0.3 is 0 Å². The quantitative estimate of drug-likeness (QED) is 0.748. The molecule has 4 unspecified atom stereocenters. The van der Waals surface area contributed by atoms with Gasteiger partial charge in [0, 0.05) is 11.8 Å². The molecular formula is C22H24N2O2. The van der Waals surface area contributed by atoms with E-state index in [2.05, 4.69) is 6.07 Å². The fraction of sp³-hybridized carbons (Fsp3) is 0.364. The van der Waals surface area contributed by atoms with Crippen molar-refractivity contribution in [2.45, 2.75) is 32.4 Å². The second kappa shape index (κ2) is 8.27. The minimum Gasteiger partial charge on any atom is -0.299 e. The molecule has 0 bridgehead atoms. The van der Waals surface area contributed by atoms with Crippen LogP contribution in [0.2, 0.25) is 0 Å². The number of benzene rings is 2. The lowest BCUT2D eigenvalue weighted by atomic mass is 9.76. The average molecular weight is 348 g/mol. The number of hydroxylamine groups is 2. The molecule has 1 fully saturated rings. The van der Waals surface area contributed by atoms with Gasteiger partial charge in [0.1, 0.15) is 5.78 Å². The van der Waals surface area contributed by atoms with Gasteiger partial charge < -0.3 is 0 Å². The third kappa shape index (κ3) is 3.55. The molecule has 4 heteroatoms. The Hall–Kier alpha value is -2.48. The topological polar surface area (TPSA) is 53.3 Å². The van der Waals surface area contributed by atoms with E-state index in [0.29, 0.717) is 13.0 Å². The highest BCUT2D eigenvalue weighted by Gasteiger charge is 2.46. The molecule has 2 aromatic rings. The number of ketones is 1. The van der Waals surface area contributed by atoms with Crippen LogP contribution in [0.1, 0.15) is 43.5 Å². The summed E-state index contributed by atoms with van der Waals surface area (Å²) >= 11 is 0. The van der Waals surface area contributed by atoms with E-state index < -0.39 is 0 Å². The Labute approximate surface area is 155 Å². The Morgan fingerprint density at radius 2 is 1.38 bits per heavy atom. The van der Waals surface area contributed by atoms with Gasteiger partial charge in [-0.2, -0.15) is 10.3 Å². The molecule has 3 rings (SSSR count). The summed E-state index contributed by atoms with van der Waals surface area (Å²) in [6, 6.07) is 21.8. The predicted molar refractivity (Wildman–Crippen MR) is 99.7 cm³/mol. The average Bonchev–Trinajstić information content (AvgIpc) is 2.68. The first-order valence-electron chi connectivity index (χ1n) is 9.07. The molecule has 1 heterocycles. The van der Waals surface area contributed by atoms with E-state index in [9.17, 15) is 4.79 Å². The Kier molecular flexibility index (Phi) is 5.82. The molecule has 2 aromatic carbocycles. The maximum absolute atomic E-state index is 13.0. The van der Waals surface area contributed by atoms with Crippen molar-refractivity contribution in [3.63, 3.8) is 0 Å². The van der Waals surface area contributed by atoms with Crippen molar-refractivity contribution in [1.82, 2.24) is 5.06 Å². The van der Waals surface area contributed by atoms with E-state index in [-0.39, 0.29) is 29.7 Å². The number of carbonyl (C=O) groups excluding carboxylic acids is 1. The molecule has 0 amide bonds. The van der Waals surface area contributed by atoms with Crippen molar-refractivity contribution in [2.75, 3.05) is 6.61 Å². The third-order valence-electron chi connectivity index (χ3n) is 5.13. The first-order chi connectivity index (χ1) is 12.6. The molecule has 0 radical (unpaired) electrons. The van der Waals surface area contributed by atoms with Crippen LogP contribution in [0.5, 0.6) is 0 Å². The SMILES string of the molecule is CC1C(=O)C(C)C(c2ccccc2)N(OCCC#N)C1c1ccccc1. The smallest absolute Gasteiger partial charge is 0.142 e. The molecule has 4 nitrogen and oxygen atoms in total. The van der Waals surface area contributed by atoms with Crippen LogP contribution in [0.3, 0.4) is 0 Å². The maximum Gasteiger partial charge on any atom is 0.142 e. The number of hydrogen-bond acceptors (Lipinski definition) is 4. The van der Waals surface area contributed by atoms with Crippen LogP contribution in [0.25, 0.3) is 0 Å². The molecule has 4 atom stereocenters. The van der Waals surface area contributed by atoms with Crippen molar-refractivity contribution in [2.24, 2.45) is 11.8 Å². The molecule has 0 N–H and O–H groups in total. The van der Waals surface area contributed by atoms with Crippen LogP contribution in [0.4, 0.5) is 0 Å². The molecule has 134 valence electrons. The Bertz CT molecular complexity index is 714. The molecule has 1 saturated heterocycles. The fourth-order valence-electron chi connectivity index (χ4n) is 3.87. The van der Waals surface area contributed by atoms with Crippen LogP contribution in [0, 0.1) is 23.2 Å². The summed E-state index contributed by atoms with van der Waals surface area (Å²) in [4.78, 5) is 19.1. The van der Waals surface area contributed by atoms with Crippen molar-refractivity contribution >= 4 is 5.78 Å². The van der Waals surface area contributed by atoms with E-state index in [0.717, 1.165) is 11.1 Å². The lowest BCUT2D eigenvalue weighted by Gasteiger charge is -2.46. The number of rotatable bonds is 5. The van der Waals surface area contributed by atoms with Gasteiger partial charge in [-0.05, 0) is 11.1 Å². The number of nitrogens with zero attached hydrogens (tertiary/aromatic N) is 2. The van der Waals surface area contributed by atoms with E-state index in [1.165, 1.54) is 0 Å². The van der Waals surface area contributed by atoms with Crippen LogP contribution in [0.15, 0.2) is 60.7 Å². The number of Topliss-reactive ketones (excluding diaryl/α,β-unsaturated/α-hetero) is 1. The maximum atomic E-state index is 13.0. The molecule has 0 aromatic heterocycles. The minimum absolute atomic E-state index is 0.177. The summed E-state index contributed by atoms with van der Waals surface area (Å²) in [6.07, 6.45) is 0.316. The number of piperidine rings is 1. The summed E-state index contributed by atoms with van der Waals surface area (Å²) in [5, 5.41) is 10.9. The monoisotopic (exact) mass is 348 g/mol. The zero-order valence-corrected chi connectivity index (χ0v) is 15.2. The molecule has 0 spiro atoms. The largest absolute Gasteiger partial charge is 0.299 e. The molecule has 1 aliphatic rings. The molecule has 0 aliphatic carbocycles. The van der Waals surface area contributed by atoms with Gasteiger partial charge in [0.15, 0.2) is 0 Å². The van der Waals surface area contributed by atoms with Gasteiger partial charge in [-0.15, -0.1) is 0 Å². The summed E-state index contributed by atoms with van der Waals surface area (Å²) in [5.74, 6) is -0.128. The van der Waals surface area contributed by atoms with E-state index >= 15 is 0 Å². The van der Waals surface area contributed by atoms with Crippen molar-refractivity contribution < 1.29 is 9.63 Å². The van der Waals surface area contributed by atoms with Gasteiger partial charge in [-0.1, -0.05) is 74.5 Å². The van der Waals surface area contributed by atoms with E-state index in [1.54, 1.807) is 0 Å². The van der Waals surface area contributed by atoms with Gasteiger partial charge in [0.25, 0.3) is 0 Å². The number of hydrogen-bond donors (Lipinski definition) is 0. The van der Waals surface area contributed by atoms with Crippen LogP contribution < -0.4 is 0 Å². The summed E-state index contributed by atoms with van der Waals surface area (Å²) in [7, 11) is 0. The van der Waals surface area contributed by atoms with Crippen LogP contribution in [-0.4, -0.2) is 17.5 Å². The fourth-order valence-corrected chi connectivity index (χ4v) is 3.87. The standard InChI is InChI=1S/C22H24N2O2/c1-16-20(18-10-5-3-6-11-18)24(26-15-9-14-23)21(17(2)22(16)25)19-12-7-4-8-13-19/h3-8,10-13,16-17,20-21H,9,15H2,1-2H3. The first kappa shape index (κ1) is 18.3. The van der Waals surface area contributed by atoms with Gasteiger partial charge in [0.05, 0.1) is 31.2 Å². The zero-order chi connectivity index (χ0) is 18.5. The minimum atomic E-state index is -0.186. The second-order valence-electron chi connectivity index (χ2n) is 6.79. The van der Waals surface area contributed by atoms with Crippen molar-refractivity contribution in [3.05, 3.63) is 71.8 Å². The number of carbonyl (C=O) groups is 1. The van der Waals surface area contributed by atoms with Gasteiger partial charge in [-0.3, -0.25) is 9.63 Å². The van der Waals surface area contributed by atoms with Gasteiger partial charge in [-0.25, -0.2) is 0 Å². The Morgan fingerprint density at radius 1 is 0.923 bits per heavy atom. The highest BCUT2D eigenvalue weighted by atomic mass is 16.7. The zero-order valence-electron chi connectivity index (χ0n) is 15.2. The molecule has 26 heavy (non-hydrogen) atoms. The lowest BCUT2D eigenvalue weighted by molar-refractivity contribution is -0.246. The highest BCUT2D eigenvalue weighted by Crippen LogP contribution is 2.46. The summed E-state index contributed by atoms with van der Waals surface area (Å²) in [5.41, 5.74) is 2.11. The summed E-state index contributed by atoms with van der Waals surface area (Å²) in [6.45, 7) is 4.26. The molecule has 1 aliphatic heterocycles. The third-order valence-corrected chi connectivity index (χ3v) is 5.13. The highest BCUT2D eigenvalue weighted by molar-refractivity contribution is 5.85. The van der Waals surface area contributed by atoms with Crippen molar-refractivity contribution in [3.8, 4) is 6.07 Å². The Balaban J connectivity index is 2.05. The van der Waals surface area contributed by atoms with E-state index in [1.807, 2.05) is 79.6 Å². The normalized spacial score (nSPS) is 26.4. The van der Waals surface area contributed by atoms with Crippen LogP contribution in [-0.2, 0) is 9.63 Å². The molecular weight excluding hydrogens is 324 g/mol. The summed E-state index contributed by atoms with van der Waals surface area (Å²) < 4.78 is 0. The lowest BCUT2D eigenvalue weighted by Crippen LogP contribution is -2.49. The second-order valence-corrected chi connectivity index (χ2v) is 6.79.